The van der Waals surface area contributed by atoms with Gasteiger partial charge in [-0.2, -0.15) is 5.26 Å². The Kier molecular flexibility index (Phi) is 3.41. The molecule has 1 aromatic carbocycles. The Labute approximate surface area is 84.2 Å². The SMILES string of the molecule is CC(C)CC(=O)c1ccc(C#N)cc1. The Morgan fingerprint density at radius 2 is 1.93 bits per heavy atom. The predicted octanol–water partition coefficient (Wildman–Crippen LogP) is 2.79. The van der Waals surface area contributed by atoms with E-state index < -0.39 is 0 Å². The number of carbonyl (C=O) groups is 1. The Bertz CT molecular complexity index is 357. The molecule has 0 saturated heterocycles. The molecule has 1 rings (SSSR count). The van der Waals surface area contributed by atoms with Crippen molar-refractivity contribution in [1.29, 1.82) is 5.26 Å². The van der Waals surface area contributed by atoms with Gasteiger partial charge in [-0.25, -0.2) is 0 Å². The maximum atomic E-state index is 11.6. The lowest BCUT2D eigenvalue weighted by atomic mass is 10.0. The summed E-state index contributed by atoms with van der Waals surface area (Å²) in [5.74, 6) is 0.516. The largest absolute Gasteiger partial charge is 0.294 e. The van der Waals surface area contributed by atoms with Gasteiger partial charge < -0.3 is 0 Å². The topological polar surface area (TPSA) is 40.9 Å². The minimum atomic E-state index is 0.143. The first-order chi connectivity index (χ1) is 6.63. The van der Waals surface area contributed by atoms with Crippen molar-refractivity contribution in [3.8, 4) is 6.07 Å². The summed E-state index contributed by atoms with van der Waals surface area (Å²) in [4.78, 5) is 11.6. The van der Waals surface area contributed by atoms with Crippen molar-refractivity contribution in [2.45, 2.75) is 20.3 Å². The van der Waals surface area contributed by atoms with Gasteiger partial charge in [0.05, 0.1) is 11.6 Å². The molecule has 14 heavy (non-hydrogen) atoms. The van der Waals surface area contributed by atoms with Crippen molar-refractivity contribution in [3.63, 3.8) is 0 Å². The third-order valence-corrected chi connectivity index (χ3v) is 1.93. The minimum absolute atomic E-state index is 0.143. The van der Waals surface area contributed by atoms with Crippen molar-refractivity contribution in [1.82, 2.24) is 0 Å². The van der Waals surface area contributed by atoms with Crippen LogP contribution in [0.3, 0.4) is 0 Å². The first-order valence-corrected chi connectivity index (χ1v) is 4.67. The predicted molar refractivity (Wildman–Crippen MR) is 54.9 cm³/mol. The van der Waals surface area contributed by atoms with E-state index in [1.807, 2.05) is 19.9 Å². The number of nitriles is 1. The van der Waals surface area contributed by atoms with Gasteiger partial charge >= 0.3 is 0 Å². The third-order valence-electron chi connectivity index (χ3n) is 1.93. The standard InChI is InChI=1S/C12H13NO/c1-9(2)7-12(14)11-5-3-10(8-13)4-6-11/h3-6,9H,7H2,1-2H3. The number of hydrogen-bond donors (Lipinski definition) is 0. The monoisotopic (exact) mass is 187 g/mol. The van der Waals surface area contributed by atoms with Gasteiger partial charge in [-0.1, -0.05) is 26.0 Å². The summed E-state index contributed by atoms with van der Waals surface area (Å²) >= 11 is 0. The van der Waals surface area contributed by atoms with Crippen LogP contribution in [0.25, 0.3) is 0 Å². The molecule has 0 aliphatic carbocycles. The highest BCUT2D eigenvalue weighted by molar-refractivity contribution is 5.96. The third kappa shape index (κ3) is 2.70. The Balaban J connectivity index is 2.78. The second kappa shape index (κ2) is 4.57. The lowest BCUT2D eigenvalue weighted by molar-refractivity contribution is 0.0968. The van der Waals surface area contributed by atoms with Gasteiger partial charge in [0.15, 0.2) is 5.78 Å². The van der Waals surface area contributed by atoms with E-state index in [1.54, 1.807) is 24.3 Å². The lowest BCUT2D eigenvalue weighted by Gasteiger charge is -2.03. The molecule has 0 N–H and O–H groups in total. The average molecular weight is 187 g/mol. The molecule has 0 heterocycles. The van der Waals surface area contributed by atoms with Crippen LogP contribution in [0.15, 0.2) is 24.3 Å². The minimum Gasteiger partial charge on any atom is -0.294 e. The number of ketones is 1. The smallest absolute Gasteiger partial charge is 0.163 e. The van der Waals surface area contributed by atoms with E-state index in [9.17, 15) is 4.79 Å². The molecule has 0 aliphatic heterocycles. The number of carbonyl (C=O) groups excluding carboxylic acids is 1. The van der Waals surface area contributed by atoms with Gasteiger partial charge in [0, 0.05) is 12.0 Å². The fourth-order valence-electron chi connectivity index (χ4n) is 1.22. The van der Waals surface area contributed by atoms with Gasteiger partial charge in [-0.15, -0.1) is 0 Å². The first kappa shape index (κ1) is 10.5. The second-order valence-electron chi connectivity index (χ2n) is 3.71. The zero-order valence-electron chi connectivity index (χ0n) is 8.45. The summed E-state index contributed by atoms with van der Waals surface area (Å²) in [7, 11) is 0. The van der Waals surface area contributed by atoms with E-state index in [0.717, 1.165) is 0 Å². The van der Waals surface area contributed by atoms with E-state index in [4.69, 9.17) is 5.26 Å². The quantitative estimate of drug-likeness (QED) is 0.683. The highest BCUT2D eigenvalue weighted by atomic mass is 16.1. The molecule has 0 spiro atoms. The first-order valence-electron chi connectivity index (χ1n) is 4.67. The van der Waals surface area contributed by atoms with Crippen LogP contribution >= 0.6 is 0 Å². The molecule has 0 atom stereocenters. The Morgan fingerprint density at radius 3 is 2.36 bits per heavy atom. The van der Waals surface area contributed by atoms with Crippen LogP contribution in [0, 0.1) is 17.2 Å². The van der Waals surface area contributed by atoms with Crippen LogP contribution < -0.4 is 0 Å². The molecular weight excluding hydrogens is 174 g/mol. The highest BCUT2D eigenvalue weighted by Crippen LogP contribution is 2.10. The molecule has 0 amide bonds. The second-order valence-corrected chi connectivity index (χ2v) is 3.71. The van der Waals surface area contributed by atoms with Crippen LogP contribution in [0.2, 0.25) is 0 Å². The summed E-state index contributed by atoms with van der Waals surface area (Å²) in [6.07, 6.45) is 0.561. The molecule has 0 bridgehead atoms. The zero-order valence-corrected chi connectivity index (χ0v) is 8.45. The van der Waals surface area contributed by atoms with E-state index in [1.165, 1.54) is 0 Å². The molecule has 0 saturated carbocycles. The molecular formula is C12H13NO. The molecule has 0 aromatic heterocycles. The van der Waals surface area contributed by atoms with Gasteiger partial charge in [0.2, 0.25) is 0 Å². The van der Waals surface area contributed by atoms with E-state index in [-0.39, 0.29) is 5.78 Å². The average Bonchev–Trinajstić information content (AvgIpc) is 2.17. The summed E-state index contributed by atoms with van der Waals surface area (Å²) in [5, 5.41) is 8.58. The highest BCUT2D eigenvalue weighted by Gasteiger charge is 2.07. The normalized spacial score (nSPS) is 9.86. The molecule has 0 fully saturated rings. The molecule has 72 valence electrons. The van der Waals surface area contributed by atoms with Crippen molar-refractivity contribution >= 4 is 5.78 Å². The summed E-state index contributed by atoms with van der Waals surface area (Å²) in [5.41, 5.74) is 1.28. The van der Waals surface area contributed by atoms with Gasteiger partial charge in [-0.05, 0) is 18.1 Å². The van der Waals surface area contributed by atoms with Gasteiger partial charge in [0.25, 0.3) is 0 Å². The molecule has 2 heteroatoms. The Morgan fingerprint density at radius 1 is 1.36 bits per heavy atom. The Hall–Kier alpha value is -1.62. The fourth-order valence-corrected chi connectivity index (χ4v) is 1.22. The van der Waals surface area contributed by atoms with Crippen molar-refractivity contribution in [3.05, 3.63) is 35.4 Å². The summed E-state index contributed by atoms with van der Waals surface area (Å²) in [6.45, 7) is 4.03. The van der Waals surface area contributed by atoms with Crippen molar-refractivity contribution in [2.24, 2.45) is 5.92 Å². The molecule has 0 radical (unpaired) electrons. The maximum Gasteiger partial charge on any atom is 0.163 e. The van der Waals surface area contributed by atoms with Crippen molar-refractivity contribution in [2.75, 3.05) is 0 Å². The summed E-state index contributed by atoms with van der Waals surface area (Å²) < 4.78 is 0. The van der Waals surface area contributed by atoms with Crippen LogP contribution in [0.4, 0.5) is 0 Å². The number of benzene rings is 1. The molecule has 1 aromatic rings. The van der Waals surface area contributed by atoms with Gasteiger partial charge in [-0.3, -0.25) is 4.79 Å². The molecule has 0 unspecified atom stereocenters. The van der Waals surface area contributed by atoms with Crippen LogP contribution in [-0.4, -0.2) is 5.78 Å². The number of hydrogen-bond acceptors (Lipinski definition) is 2. The summed E-state index contributed by atoms with van der Waals surface area (Å²) in [6, 6.07) is 8.79. The van der Waals surface area contributed by atoms with Crippen LogP contribution in [0.5, 0.6) is 0 Å². The fraction of sp³-hybridized carbons (Fsp3) is 0.333. The zero-order chi connectivity index (χ0) is 10.6. The van der Waals surface area contributed by atoms with Crippen LogP contribution in [0.1, 0.15) is 36.2 Å². The number of Topliss-reactive ketones (excluding diaryl/α,β-unsaturated/α-hetero) is 1. The van der Waals surface area contributed by atoms with E-state index in [0.29, 0.717) is 23.5 Å². The molecule has 0 aliphatic rings. The lowest BCUT2D eigenvalue weighted by Crippen LogP contribution is -2.03. The maximum absolute atomic E-state index is 11.6. The number of rotatable bonds is 3. The van der Waals surface area contributed by atoms with Crippen LogP contribution in [-0.2, 0) is 0 Å². The van der Waals surface area contributed by atoms with Gasteiger partial charge in [0.1, 0.15) is 0 Å². The molecule has 2 nitrogen and oxygen atoms in total. The van der Waals surface area contributed by atoms with E-state index in [2.05, 4.69) is 0 Å². The number of nitrogens with zero attached hydrogens (tertiary/aromatic N) is 1. The van der Waals surface area contributed by atoms with E-state index >= 15 is 0 Å². The van der Waals surface area contributed by atoms with Crippen molar-refractivity contribution < 1.29 is 4.79 Å².